The Morgan fingerprint density at radius 3 is 2.50 bits per heavy atom. The predicted octanol–water partition coefficient (Wildman–Crippen LogP) is 1.23. The fourth-order valence-corrected chi connectivity index (χ4v) is 3.95. The fourth-order valence-electron chi connectivity index (χ4n) is 3.95. The second kappa shape index (κ2) is 5.82. The molecule has 24 heavy (non-hydrogen) atoms. The van der Waals surface area contributed by atoms with Gasteiger partial charge in [-0.3, -0.25) is 4.79 Å². The Hall–Kier alpha value is -1.99. The van der Waals surface area contributed by atoms with Crippen molar-refractivity contribution in [3.8, 4) is 0 Å². The van der Waals surface area contributed by atoms with Crippen LogP contribution < -0.4 is 5.73 Å². The van der Waals surface area contributed by atoms with Gasteiger partial charge in [0.15, 0.2) is 0 Å². The summed E-state index contributed by atoms with van der Waals surface area (Å²) >= 11 is 0. The number of aliphatic carboxylic acids is 2. The molecule has 0 amide bonds. The summed E-state index contributed by atoms with van der Waals surface area (Å²) in [6, 6.07) is 9.76. The van der Waals surface area contributed by atoms with Crippen molar-refractivity contribution in [3.05, 3.63) is 35.9 Å². The lowest BCUT2D eigenvalue weighted by molar-refractivity contribution is -0.155. The molecule has 0 bridgehead atoms. The number of rotatable bonds is 7. The first-order valence-corrected chi connectivity index (χ1v) is 7.93. The minimum atomic E-state index is -2.54. The normalized spacial score (nSPS) is 37.0. The number of hydrogen-bond donors (Lipinski definition) is 3. The number of alkyl halides is 1. The number of carboxylic acids is 2. The van der Waals surface area contributed by atoms with E-state index in [-0.39, 0.29) is 13.0 Å². The summed E-state index contributed by atoms with van der Waals surface area (Å²) in [5, 5.41) is 18.4. The topological polar surface area (TPSA) is 110 Å². The quantitative estimate of drug-likeness (QED) is 0.646. The van der Waals surface area contributed by atoms with Crippen LogP contribution in [0.15, 0.2) is 30.3 Å². The first kappa shape index (κ1) is 16.9. The van der Waals surface area contributed by atoms with Crippen LogP contribution in [0, 0.1) is 11.8 Å². The molecular formula is C17H20FNO5. The first-order chi connectivity index (χ1) is 11.3. The van der Waals surface area contributed by atoms with Gasteiger partial charge in [-0.2, -0.15) is 0 Å². The highest BCUT2D eigenvalue weighted by Crippen LogP contribution is 2.67. The molecule has 2 aliphatic carbocycles. The van der Waals surface area contributed by atoms with E-state index in [0.717, 1.165) is 12.0 Å². The minimum Gasteiger partial charge on any atom is -0.480 e. The Bertz CT molecular complexity index is 654. The first-order valence-electron chi connectivity index (χ1n) is 7.93. The minimum absolute atomic E-state index is 0.0155. The molecule has 1 aromatic carbocycles. The number of halogens is 1. The van der Waals surface area contributed by atoms with Crippen LogP contribution >= 0.6 is 0 Å². The summed E-state index contributed by atoms with van der Waals surface area (Å²) in [5.41, 5.74) is 2.51. The molecule has 5 atom stereocenters. The van der Waals surface area contributed by atoms with Crippen molar-refractivity contribution >= 4 is 11.9 Å². The second-order valence-corrected chi connectivity index (χ2v) is 6.58. The molecule has 4 N–H and O–H groups in total. The molecule has 1 aromatic rings. The van der Waals surface area contributed by atoms with Crippen molar-refractivity contribution in [2.45, 2.75) is 36.6 Å². The van der Waals surface area contributed by atoms with E-state index in [1.807, 2.05) is 30.3 Å². The molecule has 2 fully saturated rings. The van der Waals surface area contributed by atoms with Crippen LogP contribution in [0.4, 0.5) is 4.39 Å². The Balaban J connectivity index is 1.59. The molecule has 0 aromatic heterocycles. The molecule has 3 rings (SSSR count). The fraction of sp³-hybridized carbons (Fsp3) is 0.529. The highest BCUT2D eigenvalue weighted by atomic mass is 19.1. The predicted molar refractivity (Wildman–Crippen MR) is 82.1 cm³/mol. The highest BCUT2D eigenvalue weighted by Gasteiger charge is 2.85. The zero-order valence-electron chi connectivity index (χ0n) is 13.0. The van der Waals surface area contributed by atoms with Crippen molar-refractivity contribution in [1.82, 2.24) is 0 Å². The van der Waals surface area contributed by atoms with E-state index in [4.69, 9.17) is 15.6 Å². The number of hydrogen-bond acceptors (Lipinski definition) is 4. The Morgan fingerprint density at radius 1 is 1.25 bits per heavy atom. The average molecular weight is 337 g/mol. The molecule has 0 unspecified atom stereocenters. The highest BCUT2D eigenvalue weighted by molar-refractivity contribution is 5.90. The molecule has 0 heterocycles. The van der Waals surface area contributed by atoms with Crippen LogP contribution in [0.1, 0.15) is 18.4 Å². The molecule has 2 saturated carbocycles. The van der Waals surface area contributed by atoms with Gasteiger partial charge in [0.25, 0.3) is 0 Å². The molecule has 0 aliphatic heterocycles. The molecule has 2 aliphatic rings. The van der Waals surface area contributed by atoms with Crippen molar-refractivity contribution in [3.63, 3.8) is 0 Å². The van der Waals surface area contributed by atoms with Crippen molar-refractivity contribution in [2.24, 2.45) is 17.6 Å². The number of carbonyl (C=O) groups is 2. The number of aryl methyl sites for hydroxylation is 1. The molecule has 0 saturated heterocycles. The van der Waals surface area contributed by atoms with E-state index < -0.39 is 41.1 Å². The number of carboxylic acid groups (broad SMARTS) is 2. The summed E-state index contributed by atoms with van der Waals surface area (Å²) in [5.74, 6) is -5.19. The van der Waals surface area contributed by atoms with Gasteiger partial charge in [-0.25, -0.2) is 9.18 Å². The zero-order valence-corrected chi connectivity index (χ0v) is 13.0. The molecule has 6 nitrogen and oxygen atoms in total. The lowest BCUT2D eigenvalue weighted by Crippen LogP contribution is -2.60. The van der Waals surface area contributed by atoms with Gasteiger partial charge in [-0.1, -0.05) is 30.3 Å². The van der Waals surface area contributed by atoms with E-state index in [2.05, 4.69) is 0 Å². The Morgan fingerprint density at radius 2 is 1.92 bits per heavy atom. The molecule has 130 valence electrons. The van der Waals surface area contributed by atoms with E-state index in [1.54, 1.807) is 0 Å². The van der Waals surface area contributed by atoms with Gasteiger partial charge in [0.2, 0.25) is 5.67 Å². The number of nitrogens with two attached hydrogens (primary N) is 1. The molecular weight excluding hydrogens is 317 g/mol. The monoisotopic (exact) mass is 337 g/mol. The summed E-state index contributed by atoms with van der Waals surface area (Å²) in [4.78, 5) is 22.6. The summed E-state index contributed by atoms with van der Waals surface area (Å²) < 4.78 is 20.0. The van der Waals surface area contributed by atoms with Crippen molar-refractivity contribution in [1.29, 1.82) is 0 Å². The van der Waals surface area contributed by atoms with Gasteiger partial charge in [0.05, 0.1) is 6.10 Å². The number of fused-ring (bicyclic) bond motifs is 1. The van der Waals surface area contributed by atoms with E-state index in [9.17, 15) is 19.1 Å². The van der Waals surface area contributed by atoms with Gasteiger partial charge in [0.1, 0.15) is 5.54 Å². The largest absolute Gasteiger partial charge is 0.480 e. The maximum atomic E-state index is 14.4. The second-order valence-electron chi connectivity index (χ2n) is 6.58. The van der Waals surface area contributed by atoms with E-state index >= 15 is 0 Å². The molecule has 0 spiro atoms. The van der Waals surface area contributed by atoms with Gasteiger partial charge in [0, 0.05) is 18.4 Å². The van der Waals surface area contributed by atoms with E-state index in [0.29, 0.717) is 6.42 Å². The van der Waals surface area contributed by atoms with E-state index in [1.165, 1.54) is 0 Å². The number of benzene rings is 1. The van der Waals surface area contributed by atoms with Gasteiger partial charge < -0.3 is 20.7 Å². The Kier molecular flexibility index (Phi) is 4.09. The average Bonchev–Trinajstić information content (AvgIpc) is 3.03. The van der Waals surface area contributed by atoms with Crippen LogP contribution in [0.25, 0.3) is 0 Å². The van der Waals surface area contributed by atoms with Crippen LogP contribution in [0.3, 0.4) is 0 Å². The maximum Gasteiger partial charge on any atom is 0.342 e. The van der Waals surface area contributed by atoms with Gasteiger partial charge in [-0.05, 0) is 24.8 Å². The van der Waals surface area contributed by atoms with Gasteiger partial charge in [-0.15, -0.1) is 0 Å². The lowest BCUT2D eigenvalue weighted by atomic mass is 9.88. The standard InChI is InChI=1S/C17H20FNO5/c18-16(14(20)21)11-9-12(17(19,13(11)16)15(22)23)24-8-4-7-10-5-2-1-3-6-10/h1-3,5-6,11-13H,4,7-9,19H2,(H,20,21)(H,22,23)/t11-,12-,13+,16-,17+/m1/s1. The third-order valence-corrected chi connectivity index (χ3v) is 5.27. The smallest absolute Gasteiger partial charge is 0.342 e. The zero-order chi connectivity index (χ0) is 17.5. The van der Waals surface area contributed by atoms with Crippen LogP contribution in [0.2, 0.25) is 0 Å². The summed E-state index contributed by atoms with van der Waals surface area (Å²) in [6.07, 6.45) is 0.587. The summed E-state index contributed by atoms with van der Waals surface area (Å²) in [7, 11) is 0. The van der Waals surface area contributed by atoms with Crippen molar-refractivity contribution < 1.29 is 28.9 Å². The lowest BCUT2D eigenvalue weighted by Gasteiger charge is -2.31. The SMILES string of the molecule is N[C@]1(C(=O)O)[C@H]2[C@@H](C[C@H]1OCCCc1ccccc1)[C@]2(F)C(=O)O. The molecule has 7 heteroatoms. The van der Waals surface area contributed by atoms with Crippen LogP contribution in [0.5, 0.6) is 0 Å². The third kappa shape index (κ3) is 2.39. The van der Waals surface area contributed by atoms with Crippen LogP contribution in [-0.4, -0.2) is 46.1 Å². The molecule has 0 radical (unpaired) electrons. The maximum absolute atomic E-state index is 14.4. The van der Waals surface area contributed by atoms with Crippen molar-refractivity contribution in [2.75, 3.05) is 6.61 Å². The third-order valence-electron chi connectivity index (χ3n) is 5.27. The summed E-state index contributed by atoms with van der Waals surface area (Å²) in [6.45, 7) is 0.289. The van der Waals surface area contributed by atoms with Crippen LogP contribution in [-0.2, 0) is 20.7 Å². The Labute approximate surface area is 138 Å². The number of ether oxygens (including phenoxy) is 1. The van der Waals surface area contributed by atoms with Gasteiger partial charge >= 0.3 is 11.9 Å².